The number of rotatable bonds is 5. The van der Waals surface area contributed by atoms with E-state index in [-0.39, 0.29) is 5.78 Å². The number of carbonyl (C=O) groups is 1. The van der Waals surface area contributed by atoms with Gasteiger partial charge < -0.3 is 0 Å². The van der Waals surface area contributed by atoms with Gasteiger partial charge in [-0.15, -0.1) is 11.3 Å². The summed E-state index contributed by atoms with van der Waals surface area (Å²) in [6.07, 6.45) is 2.84. The molecule has 0 amide bonds. The van der Waals surface area contributed by atoms with Gasteiger partial charge in [0.25, 0.3) is 0 Å². The highest BCUT2D eigenvalue weighted by Gasteiger charge is 2.17. The zero-order valence-corrected chi connectivity index (χ0v) is 10.8. The highest BCUT2D eigenvalue weighted by molar-refractivity contribution is 7.13. The molecule has 1 rings (SSSR count). The molecule has 3 heteroatoms. The van der Waals surface area contributed by atoms with Gasteiger partial charge in [-0.25, -0.2) is 4.98 Å². The van der Waals surface area contributed by atoms with Gasteiger partial charge in [-0.05, 0) is 19.8 Å². The third kappa shape index (κ3) is 3.13. The quantitative estimate of drug-likeness (QED) is 0.714. The molecule has 0 N–H and O–H groups in total. The molecule has 0 bridgehead atoms. The Morgan fingerprint density at radius 3 is 2.33 bits per heavy atom. The monoisotopic (exact) mass is 225 g/mol. The zero-order valence-electron chi connectivity index (χ0n) is 9.96. The van der Waals surface area contributed by atoms with Crippen molar-refractivity contribution in [3.05, 3.63) is 15.6 Å². The first-order valence-corrected chi connectivity index (χ1v) is 6.37. The van der Waals surface area contributed by atoms with Crippen LogP contribution in [0.5, 0.6) is 0 Å². The van der Waals surface area contributed by atoms with Gasteiger partial charge in [0.05, 0.1) is 15.6 Å². The average Bonchev–Trinajstić information content (AvgIpc) is 2.54. The maximum atomic E-state index is 12.0. The number of aromatic nitrogens is 1. The lowest BCUT2D eigenvalue weighted by atomic mass is 9.96. The molecule has 2 nitrogen and oxygen atoms in total. The molecular formula is C12H19NOS. The van der Waals surface area contributed by atoms with Crippen LogP contribution in [0.2, 0.25) is 0 Å². The fourth-order valence-corrected chi connectivity index (χ4v) is 2.59. The van der Waals surface area contributed by atoms with Crippen molar-refractivity contribution in [2.24, 2.45) is 5.92 Å². The standard InChI is InChI=1S/C12H19NOS/c1-5-10(6-2)7-11(14)12-8(3)13-9(4)15-12/h10H,5-7H2,1-4H3. The Labute approximate surface area is 95.7 Å². The molecular weight excluding hydrogens is 206 g/mol. The lowest BCUT2D eigenvalue weighted by molar-refractivity contribution is 0.0962. The third-order valence-electron chi connectivity index (χ3n) is 2.79. The molecule has 0 aliphatic heterocycles. The number of nitrogens with zero attached hydrogens (tertiary/aromatic N) is 1. The molecule has 84 valence electrons. The number of thiazole rings is 1. The highest BCUT2D eigenvalue weighted by atomic mass is 32.1. The minimum atomic E-state index is 0.270. The average molecular weight is 225 g/mol. The lowest BCUT2D eigenvalue weighted by Crippen LogP contribution is -2.07. The largest absolute Gasteiger partial charge is 0.293 e. The molecule has 1 heterocycles. The van der Waals surface area contributed by atoms with Gasteiger partial charge in [0, 0.05) is 6.42 Å². The van der Waals surface area contributed by atoms with E-state index in [9.17, 15) is 4.79 Å². The second-order valence-electron chi connectivity index (χ2n) is 3.96. The predicted molar refractivity (Wildman–Crippen MR) is 64.6 cm³/mol. The molecule has 0 radical (unpaired) electrons. The summed E-state index contributed by atoms with van der Waals surface area (Å²) in [5.41, 5.74) is 0.897. The van der Waals surface area contributed by atoms with Crippen LogP contribution in [0.3, 0.4) is 0 Å². The fraction of sp³-hybridized carbons (Fsp3) is 0.667. The minimum Gasteiger partial charge on any atom is -0.293 e. The van der Waals surface area contributed by atoms with Crippen LogP contribution in [0.15, 0.2) is 0 Å². The number of ketones is 1. The van der Waals surface area contributed by atoms with Crippen molar-refractivity contribution in [2.75, 3.05) is 0 Å². The van der Waals surface area contributed by atoms with Gasteiger partial charge in [0.2, 0.25) is 0 Å². The van der Waals surface area contributed by atoms with Crippen LogP contribution in [0, 0.1) is 19.8 Å². The molecule has 0 spiro atoms. The van der Waals surface area contributed by atoms with Crippen molar-refractivity contribution in [3.8, 4) is 0 Å². The number of carbonyl (C=O) groups excluding carboxylic acids is 1. The van der Waals surface area contributed by atoms with Crippen LogP contribution in [0.25, 0.3) is 0 Å². The molecule has 1 aromatic heterocycles. The van der Waals surface area contributed by atoms with E-state index in [0.29, 0.717) is 12.3 Å². The van der Waals surface area contributed by atoms with E-state index in [1.807, 2.05) is 13.8 Å². The van der Waals surface area contributed by atoms with Crippen molar-refractivity contribution >= 4 is 17.1 Å². The Hall–Kier alpha value is -0.700. The summed E-state index contributed by atoms with van der Waals surface area (Å²) < 4.78 is 0. The molecule has 0 saturated heterocycles. The van der Waals surface area contributed by atoms with E-state index >= 15 is 0 Å². The molecule has 0 aliphatic rings. The first kappa shape index (κ1) is 12.4. The topological polar surface area (TPSA) is 30.0 Å². The highest BCUT2D eigenvalue weighted by Crippen LogP contribution is 2.22. The Morgan fingerprint density at radius 1 is 1.33 bits per heavy atom. The third-order valence-corrected chi connectivity index (χ3v) is 3.90. The Balaban J connectivity index is 2.72. The van der Waals surface area contributed by atoms with E-state index in [1.54, 1.807) is 0 Å². The Morgan fingerprint density at radius 2 is 1.93 bits per heavy atom. The van der Waals surface area contributed by atoms with Crippen molar-refractivity contribution in [1.29, 1.82) is 0 Å². The molecule has 0 fully saturated rings. The zero-order chi connectivity index (χ0) is 11.4. The molecule has 0 aliphatic carbocycles. The minimum absolute atomic E-state index is 0.270. The number of Topliss-reactive ketones (excluding diaryl/α,β-unsaturated/α-hetero) is 1. The summed E-state index contributed by atoms with van der Waals surface area (Å²) in [5, 5.41) is 0.986. The predicted octanol–water partition coefficient (Wildman–Crippen LogP) is 3.77. The van der Waals surface area contributed by atoms with Gasteiger partial charge in [-0.2, -0.15) is 0 Å². The van der Waals surface area contributed by atoms with Gasteiger partial charge in [0.15, 0.2) is 5.78 Å². The Bertz CT molecular complexity index is 339. The number of aryl methyl sites for hydroxylation is 2. The molecule has 0 saturated carbocycles. The van der Waals surface area contributed by atoms with Crippen molar-refractivity contribution < 1.29 is 4.79 Å². The molecule has 15 heavy (non-hydrogen) atoms. The smallest absolute Gasteiger partial charge is 0.174 e. The summed E-state index contributed by atoms with van der Waals surface area (Å²) in [4.78, 5) is 17.1. The lowest BCUT2D eigenvalue weighted by Gasteiger charge is -2.09. The van der Waals surface area contributed by atoms with Crippen molar-refractivity contribution in [1.82, 2.24) is 4.98 Å². The van der Waals surface area contributed by atoms with Gasteiger partial charge in [0.1, 0.15) is 0 Å². The SMILES string of the molecule is CCC(CC)CC(=O)c1sc(C)nc1C. The molecule has 0 atom stereocenters. The van der Waals surface area contributed by atoms with Gasteiger partial charge in [-0.1, -0.05) is 26.7 Å². The number of hydrogen-bond donors (Lipinski definition) is 0. The summed E-state index contributed by atoms with van der Waals surface area (Å²) in [6.45, 7) is 8.16. The van der Waals surface area contributed by atoms with Crippen molar-refractivity contribution in [2.45, 2.75) is 47.0 Å². The second-order valence-corrected chi connectivity index (χ2v) is 5.16. The van der Waals surface area contributed by atoms with E-state index in [0.717, 1.165) is 28.4 Å². The van der Waals surface area contributed by atoms with Crippen LogP contribution in [0.1, 0.15) is 53.5 Å². The number of hydrogen-bond acceptors (Lipinski definition) is 3. The second kappa shape index (κ2) is 5.40. The van der Waals surface area contributed by atoms with Gasteiger partial charge in [-0.3, -0.25) is 4.79 Å². The van der Waals surface area contributed by atoms with Crippen molar-refractivity contribution in [3.63, 3.8) is 0 Å². The van der Waals surface area contributed by atoms with Crippen LogP contribution in [0.4, 0.5) is 0 Å². The summed E-state index contributed by atoms with van der Waals surface area (Å²) in [6, 6.07) is 0. The van der Waals surface area contributed by atoms with E-state index in [2.05, 4.69) is 18.8 Å². The first-order valence-electron chi connectivity index (χ1n) is 5.55. The molecule has 0 aromatic carbocycles. The molecule has 1 aromatic rings. The van der Waals surface area contributed by atoms with E-state index < -0.39 is 0 Å². The summed E-state index contributed by atoms with van der Waals surface area (Å²) in [5.74, 6) is 0.797. The molecule has 0 unspecified atom stereocenters. The van der Waals surface area contributed by atoms with Crippen LogP contribution in [-0.2, 0) is 0 Å². The van der Waals surface area contributed by atoms with Crippen LogP contribution >= 0.6 is 11.3 Å². The van der Waals surface area contributed by atoms with E-state index in [4.69, 9.17) is 0 Å². The Kier molecular flexibility index (Phi) is 4.45. The van der Waals surface area contributed by atoms with Gasteiger partial charge >= 0.3 is 0 Å². The maximum Gasteiger partial charge on any atom is 0.174 e. The van der Waals surface area contributed by atoms with Crippen LogP contribution < -0.4 is 0 Å². The first-order chi connectivity index (χ1) is 7.08. The normalized spacial score (nSPS) is 11.0. The fourth-order valence-electron chi connectivity index (χ4n) is 1.72. The maximum absolute atomic E-state index is 12.0. The summed E-state index contributed by atoms with van der Waals surface area (Å²) >= 11 is 1.52. The summed E-state index contributed by atoms with van der Waals surface area (Å²) in [7, 11) is 0. The van der Waals surface area contributed by atoms with Crippen LogP contribution in [-0.4, -0.2) is 10.8 Å². The van der Waals surface area contributed by atoms with E-state index in [1.165, 1.54) is 11.3 Å².